The molecule has 144 valence electrons. The highest BCUT2D eigenvalue weighted by atomic mass is 35.5. The summed E-state index contributed by atoms with van der Waals surface area (Å²) >= 11 is 7.03. The highest BCUT2D eigenvalue weighted by molar-refractivity contribution is 8.00. The number of hydrogen-bond acceptors (Lipinski definition) is 3. The lowest BCUT2D eigenvalue weighted by Gasteiger charge is -2.22. The van der Waals surface area contributed by atoms with Crippen LogP contribution in [-0.2, 0) is 9.59 Å². The number of nitrogens with one attached hydrogen (secondary N) is 1. The zero-order chi connectivity index (χ0) is 19.8. The summed E-state index contributed by atoms with van der Waals surface area (Å²) in [6.45, 7) is 4.35. The summed E-state index contributed by atoms with van der Waals surface area (Å²) in [6, 6.07) is 11.8. The van der Waals surface area contributed by atoms with Crippen LogP contribution < -0.4 is 5.32 Å². The standard InChI is InChI=1S/C20H22ClFN2O2S/c1-3-10-24(12-19(25)23-18-7-5-4-6-14(18)2)20(26)13-27-15-8-9-17(22)16(21)11-15/h4-9,11H,3,10,12-13H2,1-2H3,(H,23,25). The minimum absolute atomic E-state index is 0.00819. The summed E-state index contributed by atoms with van der Waals surface area (Å²) in [6.07, 6.45) is 0.746. The second-order valence-corrected chi connectivity index (χ2v) is 7.50. The number of thioether (sulfide) groups is 1. The van der Waals surface area contributed by atoms with Crippen LogP contribution in [0.4, 0.5) is 10.1 Å². The first-order chi connectivity index (χ1) is 12.9. The van der Waals surface area contributed by atoms with Crippen LogP contribution in [0.5, 0.6) is 0 Å². The highest BCUT2D eigenvalue weighted by Crippen LogP contribution is 2.24. The minimum Gasteiger partial charge on any atom is -0.333 e. The van der Waals surface area contributed by atoms with Crippen molar-refractivity contribution in [3.63, 3.8) is 0 Å². The lowest BCUT2D eigenvalue weighted by Crippen LogP contribution is -2.39. The van der Waals surface area contributed by atoms with Gasteiger partial charge in [-0.2, -0.15) is 0 Å². The molecule has 7 heteroatoms. The van der Waals surface area contributed by atoms with Crippen molar-refractivity contribution in [2.75, 3.05) is 24.2 Å². The summed E-state index contributed by atoms with van der Waals surface area (Å²) in [5.41, 5.74) is 1.70. The van der Waals surface area contributed by atoms with Gasteiger partial charge in [0.25, 0.3) is 0 Å². The fourth-order valence-corrected chi connectivity index (χ4v) is 3.52. The average molecular weight is 409 g/mol. The van der Waals surface area contributed by atoms with E-state index in [9.17, 15) is 14.0 Å². The summed E-state index contributed by atoms with van der Waals surface area (Å²) in [5, 5.41) is 2.87. The van der Waals surface area contributed by atoms with Crippen molar-refractivity contribution in [3.05, 3.63) is 58.9 Å². The molecule has 2 amide bonds. The lowest BCUT2D eigenvalue weighted by molar-refractivity contribution is -0.132. The summed E-state index contributed by atoms with van der Waals surface area (Å²) < 4.78 is 13.2. The molecular weight excluding hydrogens is 387 g/mol. The van der Waals surface area contributed by atoms with E-state index in [2.05, 4.69) is 5.32 Å². The van der Waals surface area contributed by atoms with Crippen molar-refractivity contribution < 1.29 is 14.0 Å². The van der Waals surface area contributed by atoms with Crippen LogP contribution >= 0.6 is 23.4 Å². The predicted molar refractivity (Wildman–Crippen MR) is 109 cm³/mol. The average Bonchev–Trinajstić information content (AvgIpc) is 2.64. The van der Waals surface area contributed by atoms with Crippen molar-refractivity contribution >= 4 is 40.9 Å². The third-order valence-electron chi connectivity index (χ3n) is 3.85. The zero-order valence-corrected chi connectivity index (χ0v) is 16.9. The maximum absolute atomic E-state index is 13.2. The quantitative estimate of drug-likeness (QED) is 0.641. The van der Waals surface area contributed by atoms with Gasteiger partial charge in [-0.15, -0.1) is 11.8 Å². The maximum Gasteiger partial charge on any atom is 0.244 e. The van der Waals surface area contributed by atoms with Crippen molar-refractivity contribution in [2.45, 2.75) is 25.2 Å². The van der Waals surface area contributed by atoms with E-state index in [4.69, 9.17) is 11.6 Å². The van der Waals surface area contributed by atoms with E-state index in [0.717, 1.165) is 17.7 Å². The number of amides is 2. The van der Waals surface area contributed by atoms with Gasteiger partial charge in [-0.05, 0) is 43.2 Å². The number of carbonyl (C=O) groups excluding carboxylic acids is 2. The van der Waals surface area contributed by atoms with Crippen LogP contribution in [0, 0.1) is 12.7 Å². The number of anilines is 1. The second-order valence-electron chi connectivity index (χ2n) is 6.04. The van der Waals surface area contributed by atoms with E-state index < -0.39 is 5.82 Å². The van der Waals surface area contributed by atoms with Crippen LogP contribution in [-0.4, -0.2) is 35.6 Å². The molecular formula is C20H22ClFN2O2S. The first kappa shape index (κ1) is 21.3. The number of hydrogen-bond donors (Lipinski definition) is 1. The van der Waals surface area contributed by atoms with Crippen LogP contribution in [0.2, 0.25) is 5.02 Å². The molecule has 0 aliphatic rings. The largest absolute Gasteiger partial charge is 0.333 e. The summed E-state index contributed by atoms with van der Waals surface area (Å²) in [4.78, 5) is 27.1. The fourth-order valence-electron chi connectivity index (χ4n) is 2.44. The smallest absolute Gasteiger partial charge is 0.244 e. The molecule has 0 heterocycles. The van der Waals surface area contributed by atoms with Gasteiger partial charge in [0.1, 0.15) is 5.82 Å². The number of para-hydroxylation sites is 1. The molecule has 0 bridgehead atoms. The Hall–Kier alpha value is -2.05. The summed E-state index contributed by atoms with van der Waals surface area (Å²) in [5.74, 6) is -0.726. The van der Waals surface area contributed by atoms with Gasteiger partial charge >= 0.3 is 0 Å². The monoisotopic (exact) mass is 408 g/mol. The molecule has 1 N–H and O–H groups in total. The van der Waals surface area contributed by atoms with Crippen molar-refractivity contribution in [1.29, 1.82) is 0 Å². The van der Waals surface area contributed by atoms with Gasteiger partial charge in [-0.1, -0.05) is 36.7 Å². The number of rotatable bonds is 8. The Morgan fingerprint density at radius 1 is 1.22 bits per heavy atom. The van der Waals surface area contributed by atoms with Crippen molar-refractivity contribution in [3.8, 4) is 0 Å². The Labute approximate surface area is 168 Å². The highest BCUT2D eigenvalue weighted by Gasteiger charge is 2.17. The number of halogens is 2. The Kier molecular flexibility index (Phi) is 8.13. The molecule has 0 aliphatic carbocycles. The van der Waals surface area contributed by atoms with Crippen molar-refractivity contribution in [1.82, 2.24) is 4.90 Å². The molecule has 2 rings (SSSR count). The SMILES string of the molecule is CCCN(CC(=O)Nc1ccccc1C)C(=O)CSc1ccc(F)c(Cl)c1. The molecule has 0 aromatic heterocycles. The predicted octanol–water partition coefficient (Wildman–Crippen LogP) is 4.76. The molecule has 0 aliphatic heterocycles. The van der Waals surface area contributed by atoms with E-state index in [1.807, 2.05) is 38.1 Å². The lowest BCUT2D eigenvalue weighted by atomic mass is 10.2. The maximum atomic E-state index is 13.2. The molecule has 0 unspecified atom stereocenters. The molecule has 4 nitrogen and oxygen atoms in total. The first-order valence-electron chi connectivity index (χ1n) is 8.61. The van der Waals surface area contributed by atoms with Gasteiger partial charge < -0.3 is 10.2 Å². The molecule has 0 saturated heterocycles. The van der Waals surface area contributed by atoms with Gasteiger partial charge in [0.2, 0.25) is 11.8 Å². The second kappa shape index (κ2) is 10.3. The molecule has 0 atom stereocenters. The number of benzene rings is 2. The normalized spacial score (nSPS) is 10.5. The van der Waals surface area contributed by atoms with E-state index in [1.54, 1.807) is 6.07 Å². The van der Waals surface area contributed by atoms with E-state index in [0.29, 0.717) is 11.4 Å². The molecule has 2 aromatic rings. The zero-order valence-electron chi connectivity index (χ0n) is 15.3. The van der Waals surface area contributed by atoms with Gasteiger partial charge in [-0.3, -0.25) is 9.59 Å². The Morgan fingerprint density at radius 3 is 2.63 bits per heavy atom. The van der Waals surface area contributed by atoms with E-state index >= 15 is 0 Å². The first-order valence-corrected chi connectivity index (χ1v) is 9.98. The number of aryl methyl sites for hydroxylation is 1. The van der Waals surface area contributed by atoms with Crippen LogP contribution in [0.25, 0.3) is 0 Å². The molecule has 0 fully saturated rings. The Morgan fingerprint density at radius 2 is 1.96 bits per heavy atom. The van der Waals surface area contributed by atoms with E-state index in [-0.39, 0.29) is 29.1 Å². The third kappa shape index (κ3) is 6.56. The van der Waals surface area contributed by atoms with Crippen LogP contribution in [0.3, 0.4) is 0 Å². The topological polar surface area (TPSA) is 49.4 Å². The Balaban J connectivity index is 1.94. The number of nitrogens with zero attached hydrogens (tertiary/aromatic N) is 1. The molecule has 0 radical (unpaired) electrons. The number of carbonyl (C=O) groups is 2. The van der Waals surface area contributed by atoms with Crippen LogP contribution in [0.15, 0.2) is 47.4 Å². The van der Waals surface area contributed by atoms with Crippen LogP contribution in [0.1, 0.15) is 18.9 Å². The van der Waals surface area contributed by atoms with Gasteiger partial charge in [0, 0.05) is 17.1 Å². The molecule has 0 saturated carbocycles. The molecule has 27 heavy (non-hydrogen) atoms. The van der Waals surface area contributed by atoms with Gasteiger partial charge in [-0.25, -0.2) is 4.39 Å². The molecule has 0 spiro atoms. The van der Waals surface area contributed by atoms with Crippen molar-refractivity contribution in [2.24, 2.45) is 0 Å². The Bertz CT molecular complexity index is 816. The fraction of sp³-hybridized carbons (Fsp3) is 0.300. The summed E-state index contributed by atoms with van der Waals surface area (Å²) in [7, 11) is 0. The van der Waals surface area contributed by atoms with Gasteiger partial charge in [0.15, 0.2) is 0 Å². The van der Waals surface area contributed by atoms with E-state index in [1.165, 1.54) is 28.8 Å². The van der Waals surface area contributed by atoms with Gasteiger partial charge in [0.05, 0.1) is 17.3 Å². The molecule has 2 aromatic carbocycles. The minimum atomic E-state index is -0.493. The third-order valence-corrected chi connectivity index (χ3v) is 5.12.